The average Bonchev–Trinajstić information content (AvgIpc) is 2.72. The molecule has 2 N–H and O–H groups in total. The lowest BCUT2D eigenvalue weighted by Crippen LogP contribution is -2.61. The molecule has 0 saturated heterocycles. The largest absolute Gasteiger partial charge is 0.508 e. The van der Waals surface area contributed by atoms with Gasteiger partial charge in [0.1, 0.15) is 5.75 Å². The van der Waals surface area contributed by atoms with Crippen molar-refractivity contribution in [1.82, 2.24) is 5.32 Å². The van der Waals surface area contributed by atoms with E-state index in [9.17, 15) is 5.11 Å². The van der Waals surface area contributed by atoms with Crippen LogP contribution in [0.15, 0.2) is 42.0 Å². The van der Waals surface area contributed by atoms with Crippen molar-refractivity contribution in [1.29, 1.82) is 0 Å². The van der Waals surface area contributed by atoms with E-state index in [0.29, 0.717) is 17.7 Å². The molecule has 1 aromatic carbocycles. The van der Waals surface area contributed by atoms with Gasteiger partial charge in [-0.1, -0.05) is 30.2 Å². The van der Waals surface area contributed by atoms with Crippen molar-refractivity contribution >= 4 is 0 Å². The minimum atomic E-state index is 0.0938. The third-order valence-corrected chi connectivity index (χ3v) is 7.65. The second-order valence-electron chi connectivity index (χ2n) is 8.27. The fourth-order valence-corrected chi connectivity index (χ4v) is 6.41. The zero-order chi connectivity index (χ0) is 17.1. The van der Waals surface area contributed by atoms with Gasteiger partial charge in [0.05, 0.1) is 0 Å². The van der Waals surface area contributed by atoms with Crippen LogP contribution in [0.5, 0.6) is 5.75 Å². The average molecular weight is 323 g/mol. The van der Waals surface area contributed by atoms with Gasteiger partial charge >= 0.3 is 0 Å². The number of hydrogen-bond donors (Lipinski definition) is 2. The van der Waals surface area contributed by atoms with E-state index in [0.717, 1.165) is 13.0 Å². The monoisotopic (exact) mass is 323 g/mol. The number of benzene rings is 1. The molecule has 4 atom stereocenters. The van der Waals surface area contributed by atoms with Crippen LogP contribution in [0.1, 0.15) is 51.2 Å². The van der Waals surface area contributed by atoms with Gasteiger partial charge in [-0.25, -0.2) is 0 Å². The Hall–Kier alpha value is -1.54. The van der Waals surface area contributed by atoms with E-state index < -0.39 is 0 Å². The summed E-state index contributed by atoms with van der Waals surface area (Å²) < 4.78 is 0. The number of hydrogen-bond acceptors (Lipinski definition) is 2. The Morgan fingerprint density at radius 3 is 2.88 bits per heavy atom. The normalized spacial score (nSPS) is 37.1. The smallest absolute Gasteiger partial charge is 0.115 e. The minimum Gasteiger partial charge on any atom is -0.508 e. The molecular formula is C22H29NO. The maximum atomic E-state index is 10.1. The summed E-state index contributed by atoms with van der Waals surface area (Å²) in [4.78, 5) is 0. The predicted octanol–water partition coefficient (Wildman–Crippen LogP) is 4.49. The van der Waals surface area contributed by atoms with Crippen LogP contribution in [0.3, 0.4) is 0 Å². The lowest BCUT2D eigenvalue weighted by Gasteiger charge is -2.59. The first kappa shape index (κ1) is 16.0. The Balaban J connectivity index is 1.92. The summed E-state index contributed by atoms with van der Waals surface area (Å²) in [6, 6.07) is 6.52. The third-order valence-electron chi connectivity index (χ3n) is 7.65. The molecule has 0 unspecified atom stereocenters. The molecule has 0 aromatic heterocycles. The molecule has 2 heteroatoms. The van der Waals surface area contributed by atoms with Gasteiger partial charge in [-0.2, -0.15) is 0 Å². The van der Waals surface area contributed by atoms with Crippen LogP contribution in [0.25, 0.3) is 0 Å². The van der Waals surface area contributed by atoms with Crippen molar-refractivity contribution < 1.29 is 5.11 Å². The summed E-state index contributed by atoms with van der Waals surface area (Å²) >= 11 is 0. The lowest BCUT2D eigenvalue weighted by atomic mass is 9.46. The molecule has 0 heterocycles. The molecule has 1 saturated carbocycles. The number of phenolic OH excluding ortho intramolecular Hbond substituents is 1. The molecule has 3 aliphatic rings. The summed E-state index contributed by atoms with van der Waals surface area (Å²) in [6.45, 7) is 11.9. The second kappa shape index (κ2) is 5.23. The molecule has 2 nitrogen and oxygen atoms in total. The van der Waals surface area contributed by atoms with Crippen LogP contribution in [0.4, 0.5) is 0 Å². The topological polar surface area (TPSA) is 32.3 Å². The minimum absolute atomic E-state index is 0.0938. The van der Waals surface area contributed by atoms with Crippen LogP contribution >= 0.6 is 0 Å². The van der Waals surface area contributed by atoms with Gasteiger partial charge < -0.3 is 10.4 Å². The van der Waals surface area contributed by atoms with E-state index in [-0.39, 0.29) is 10.8 Å². The van der Waals surface area contributed by atoms with Crippen LogP contribution in [0, 0.1) is 11.3 Å². The van der Waals surface area contributed by atoms with E-state index in [1.165, 1.54) is 30.4 Å². The standard InChI is InChI=1S/C22H29NO/c1-5-12-23-20-18-9-10-21(4)19-13-17(24)7-6-16(19)8-11-22(20,21)15(3)14(18)2/h5-7,13,18,20,23-24H,1,8-12H2,2-4H3/t18-,20-,21+,22+/m1/s1. The Bertz CT molecular complexity index is 733. The molecule has 24 heavy (non-hydrogen) atoms. The Kier molecular flexibility index (Phi) is 3.47. The van der Waals surface area contributed by atoms with Crippen molar-refractivity contribution in [2.24, 2.45) is 11.3 Å². The number of phenols is 1. The maximum Gasteiger partial charge on any atom is 0.115 e. The Morgan fingerprint density at radius 2 is 2.12 bits per heavy atom. The first-order chi connectivity index (χ1) is 11.5. The van der Waals surface area contributed by atoms with Crippen molar-refractivity contribution in [2.75, 3.05) is 6.54 Å². The molecule has 2 bridgehead atoms. The third kappa shape index (κ3) is 1.75. The summed E-state index contributed by atoms with van der Waals surface area (Å²) in [5, 5.41) is 14.0. The van der Waals surface area contributed by atoms with Crippen molar-refractivity contribution in [3.05, 3.63) is 53.1 Å². The first-order valence-electron chi connectivity index (χ1n) is 9.30. The highest BCUT2D eigenvalue weighted by atomic mass is 16.3. The maximum absolute atomic E-state index is 10.1. The molecule has 3 aliphatic carbocycles. The molecule has 0 radical (unpaired) electrons. The van der Waals surface area contributed by atoms with Crippen molar-refractivity contribution in [2.45, 2.75) is 57.9 Å². The van der Waals surface area contributed by atoms with Gasteiger partial charge in [-0.3, -0.25) is 0 Å². The van der Waals surface area contributed by atoms with Gasteiger partial charge in [0.2, 0.25) is 0 Å². The predicted molar refractivity (Wildman–Crippen MR) is 99.3 cm³/mol. The molecule has 0 aliphatic heterocycles. The Morgan fingerprint density at radius 1 is 1.33 bits per heavy atom. The summed E-state index contributed by atoms with van der Waals surface area (Å²) in [5.74, 6) is 1.05. The quantitative estimate of drug-likeness (QED) is 0.804. The molecule has 1 aromatic rings. The van der Waals surface area contributed by atoms with E-state index >= 15 is 0 Å². The number of aryl methyl sites for hydroxylation is 1. The number of nitrogens with one attached hydrogen (secondary N) is 1. The van der Waals surface area contributed by atoms with Crippen LogP contribution in [-0.2, 0) is 11.8 Å². The highest BCUT2D eigenvalue weighted by Crippen LogP contribution is 2.67. The molecular weight excluding hydrogens is 294 g/mol. The van der Waals surface area contributed by atoms with E-state index in [2.05, 4.69) is 38.7 Å². The van der Waals surface area contributed by atoms with Gasteiger partial charge in [0.15, 0.2) is 0 Å². The van der Waals surface area contributed by atoms with E-state index in [1.807, 2.05) is 18.2 Å². The van der Waals surface area contributed by atoms with Gasteiger partial charge in [-0.15, -0.1) is 6.58 Å². The van der Waals surface area contributed by atoms with Crippen LogP contribution < -0.4 is 5.32 Å². The summed E-state index contributed by atoms with van der Waals surface area (Å²) in [7, 11) is 0. The SMILES string of the molecule is C=CCN[C@@H]1[C@@H]2CC[C@@]3(C)c4cc(O)ccc4CC[C@]13C(C)=C2C. The van der Waals surface area contributed by atoms with Crippen molar-refractivity contribution in [3.63, 3.8) is 0 Å². The van der Waals surface area contributed by atoms with Crippen LogP contribution in [0.2, 0.25) is 0 Å². The number of aromatic hydroxyl groups is 1. The number of rotatable bonds is 3. The number of fused-ring (bicyclic) bond motifs is 3. The van der Waals surface area contributed by atoms with Crippen molar-refractivity contribution in [3.8, 4) is 5.75 Å². The van der Waals surface area contributed by atoms with E-state index in [4.69, 9.17) is 0 Å². The van der Waals surface area contributed by atoms with Gasteiger partial charge in [0.25, 0.3) is 0 Å². The van der Waals surface area contributed by atoms with Gasteiger partial charge in [-0.05, 0) is 68.7 Å². The molecule has 4 rings (SSSR count). The second-order valence-corrected chi connectivity index (χ2v) is 8.27. The molecule has 1 spiro atoms. The zero-order valence-corrected chi connectivity index (χ0v) is 15.2. The summed E-state index contributed by atoms with van der Waals surface area (Å²) in [6.07, 6.45) is 6.72. The zero-order valence-electron chi connectivity index (χ0n) is 15.2. The summed E-state index contributed by atoms with van der Waals surface area (Å²) in [5.41, 5.74) is 6.28. The molecule has 128 valence electrons. The first-order valence-corrected chi connectivity index (χ1v) is 9.30. The fraction of sp³-hybridized carbons (Fsp3) is 0.545. The fourth-order valence-electron chi connectivity index (χ4n) is 6.41. The van der Waals surface area contributed by atoms with Gasteiger partial charge in [0, 0.05) is 23.4 Å². The van der Waals surface area contributed by atoms with E-state index in [1.54, 1.807) is 11.1 Å². The lowest BCUT2D eigenvalue weighted by molar-refractivity contribution is 0.0403. The highest BCUT2D eigenvalue weighted by Gasteiger charge is 2.64. The Labute approximate surface area is 145 Å². The van der Waals surface area contributed by atoms with Crippen LogP contribution in [-0.4, -0.2) is 17.7 Å². The molecule has 0 amide bonds. The molecule has 1 fully saturated rings. The highest BCUT2D eigenvalue weighted by molar-refractivity contribution is 5.51.